The van der Waals surface area contributed by atoms with Crippen molar-refractivity contribution in [1.29, 1.82) is 0 Å². The second kappa shape index (κ2) is 6.17. The van der Waals surface area contributed by atoms with Gasteiger partial charge in [0.2, 0.25) is 5.09 Å². The number of hydrogen-bond donors (Lipinski definition) is 2. The summed E-state index contributed by atoms with van der Waals surface area (Å²) in [5.41, 5.74) is 0.954. The van der Waals surface area contributed by atoms with Crippen LogP contribution in [0.4, 0.5) is 0 Å². The fourth-order valence-electron chi connectivity index (χ4n) is 2.16. The first-order valence-corrected chi connectivity index (χ1v) is 8.92. The van der Waals surface area contributed by atoms with Crippen LogP contribution in [0.5, 0.6) is 0 Å². The minimum atomic E-state index is -3.69. The molecular formula is C16H18N2O4S. The van der Waals surface area contributed by atoms with E-state index in [1.165, 1.54) is 12.1 Å². The maximum Gasteiger partial charge on any atom is 0.287 e. The molecule has 1 aromatic heterocycles. The highest BCUT2D eigenvalue weighted by molar-refractivity contribution is 7.89. The number of benzene rings is 1. The van der Waals surface area contributed by atoms with Crippen LogP contribution in [0.25, 0.3) is 0 Å². The van der Waals surface area contributed by atoms with Gasteiger partial charge in [-0.25, -0.2) is 13.1 Å². The maximum atomic E-state index is 12.2. The van der Waals surface area contributed by atoms with E-state index in [1.54, 1.807) is 0 Å². The smallest absolute Gasteiger partial charge is 0.287 e. The van der Waals surface area contributed by atoms with Crippen molar-refractivity contribution in [3.8, 4) is 0 Å². The Balaban J connectivity index is 1.68. The number of amides is 1. The lowest BCUT2D eigenvalue weighted by atomic mass is 10.1. The average Bonchev–Trinajstić information content (AvgIpc) is 3.18. The minimum Gasteiger partial charge on any atom is -0.438 e. The largest absolute Gasteiger partial charge is 0.438 e. The van der Waals surface area contributed by atoms with Gasteiger partial charge in [-0.2, -0.15) is 0 Å². The molecule has 1 atom stereocenters. The normalized spacial score (nSPS) is 16.0. The summed E-state index contributed by atoms with van der Waals surface area (Å²) >= 11 is 0. The van der Waals surface area contributed by atoms with Gasteiger partial charge in [-0.05, 0) is 37.5 Å². The van der Waals surface area contributed by atoms with Crippen molar-refractivity contribution in [1.82, 2.24) is 10.0 Å². The standard InChI is InChI=1S/C16H18N2O4S/c1-11(12-5-3-2-4-6-12)17-16(19)14-9-10-15(22-14)23(20,21)18-13-7-8-13/h2-6,9-11,13,18H,7-8H2,1H3,(H,17,19)/t11-/m0/s1. The molecule has 1 aliphatic carbocycles. The van der Waals surface area contributed by atoms with E-state index in [1.807, 2.05) is 37.3 Å². The molecule has 23 heavy (non-hydrogen) atoms. The number of sulfonamides is 1. The summed E-state index contributed by atoms with van der Waals surface area (Å²) in [6.07, 6.45) is 1.67. The van der Waals surface area contributed by atoms with Crippen LogP contribution in [-0.2, 0) is 10.0 Å². The van der Waals surface area contributed by atoms with E-state index in [2.05, 4.69) is 10.0 Å². The van der Waals surface area contributed by atoms with E-state index in [4.69, 9.17) is 4.42 Å². The molecule has 3 rings (SSSR count). The third-order valence-electron chi connectivity index (χ3n) is 3.62. The summed E-state index contributed by atoms with van der Waals surface area (Å²) in [5.74, 6) is -0.474. The van der Waals surface area contributed by atoms with Crippen molar-refractivity contribution in [2.75, 3.05) is 0 Å². The lowest BCUT2D eigenvalue weighted by Crippen LogP contribution is -2.27. The van der Waals surface area contributed by atoms with E-state index >= 15 is 0 Å². The van der Waals surface area contributed by atoms with Gasteiger partial charge >= 0.3 is 0 Å². The molecule has 1 aromatic carbocycles. The van der Waals surface area contributed by atoms with Crippen molar-refractivity contribution < 1.29 is 17.6 Å². The zero-order chi connectivity index (χ0) is 16.4. The maximum absolute atomic E-state index is 12.2. The second-order valence-corrected chi connectivity index (χ2v) is 7.27. The summed E-state index contributed by atoms with van der Waals surface area (Å²) in [5, 5.41) is 2.55. The van der Waals surface area contributed by atoms with Gasteiger partial charge < -0.3 is 9.73 Å². The Morgan fingerprint density at radius 3 is 2.52 bits per heavy atom. The summed E-state index contributed by atoms with van der Waals surface area (Å²) in [7, 11) is -3.69. The van der Waals surface area contributed by atoms with Gasteiger partial charge in [0.05, 0.1) is 6.04 Å². The first kappa shape index (κ1) is 15.8. The predicted molar refractivity (Wildman–Crippen MR) is 84.4 cm³/mol. The fourth-order valence-corrected chi connectivity index (χ4v) is 3.40. The molecular weight excluding hydrogens is 316 g/mol. The predicted octanol–water partition coefficient (Wildman–Crippen LogP) is 2.21. The average molecular weight is 334 g/mol. The van der Waals surface area contributed by atoms with Gasteiger partial charge in [-0.3, -0.25) is 4.79 Å². The van der Waals surface area contributed by atoms with E-state index in [0.29, 0.717) is 0 Å². The molecule has 1 heterocycles. The summed E-state index contributed by atoms with van der Waals surface area (Å²) < 4.78 is 31.8. The van der Waals surface area contributed by atoms with Crippen molar-refractivity contribution in [2.24, 2.45) is 0 Å². The minimum absolute atomic E-state index is 0.0134. The van der Waals surface area contributed by atoms with E-state index in [-0.39, 0.29) is 22.9 Å². The molecule has 1 fully saturated rings. The quantitative estimate of drug-likeness (QED) is 0.848. The van der Waals surface area contributed by atoms with Crippen LogP contribution in [0, 0.1) is 0 Å². The molecule has 0 unspecified atom stereocenters. The van der Waals surface area contributed by atoms with Crippen molar-refractivity contribution in [3.63, 3.8) is 0 Å². The number of furan rings is 1. The van der Waals surface area contributed by atoms with Crippen LogP contribution >= 0.6 is 0 Å². The molecule has 0 saturated heterocycles. The van der Waals surface area contributed by atoms with E-state index < -0.39 is 15.9 Å². The molecule has 1 aliphatic rings. The monoisotopic (exact) mass is 334 g/mol. The number of rotatable bonds is 6. The summed E-state index contributed by atoms with van der Waals surface area (Å²) in [4.78, 5) is 12.2. The first-order chi connectivity index (χ1) is 11.0. The lowest BCUT2D eigenvalue weighted by molar-refractivity contribution is 0.0906. The number of nitrogens with one attached hydrogen (secondary N) is 2. The summed E-state index contributed by atoms with van der Waals surface area (Å²) in [6, 6.07) is 11.9. The first-order valence-electron chi connectivity index (χ1n) is 7.44. The number of carbonyl (C=O) groups excluding carboxylic acids is 1. The molecule has 7 heteroatoms. The molecule has 122 valence electrons. The molecule has 0 aliphatic heterocycles. The van der Waals surface area contributed by atoms with Gasteiger partial charge in [0.1, 0.15) is 0 Å². The molecule has 2 aromatic rings. The zero-order valence-corrected chi connectivity index (χ0v) is 13.5. The van der Waals surface area contributed by atoms with E-state index in [0.717, 1.165) is 18.4 Å². The van der Waals surface area contributed by atoms with Crippen molar-refractivity contribution in [3.05, 3.63) is 53.8 Å². The molecule has 0 bridgehead atoms. The molecule has 0 radical (unpaired) electrons. The highest BCUT2D eigenvalue weighted by atomic mass is 32.2. The van der Waals surface area contributed by atoms with Crippen LogP contribution in [0.1, 0.15) is 41.9 Å². The van der Waals surface area contributed by atoms with Crippen LogP contribution in [0.3, 0.4) is 0 Å². The second-order valence-electron chi connectivity index (χ2n) is 5.62. The van der Waals surface area contributed by atoms with Gasteiger partial charge in [-0.1, -0.05) is 30.3 Å². The van der Waals surface area contributed by atoms with Crippen LogP contribution in [0.15, 0.2) is 52.0 Å². The third-order valence-corrected chi connectivity index (χ3v) is 5.01. The molecule has 2 N–H and O–H groups in total. The Bertz CT molecular complexity index is 794. The summed E-state index contributed by atoms with van der Waals surface area (Å²) in [6.45, 7) is 1.85. The van der Waals surface area contributed by atoms with Crippen molar-refractivity contribution in [2.45, 2.75) is 36.9 Å². The van der Waals surface area contributed by atoms with E-state index in [9.17, 15) is 13.2 Å². The molecule has 1 amide bonds. The van der Waals surface area contributed by atoms with Gasteiger partial charge in [0, 0.05) is 6.04 Å². The van der Waals surface area contributed by atoms with Crippen LogP contribution in [0.2, 0.25) is 0 Å². The van der Waals surface area contributed by atoms with Gasteiger partial charge in [0.25, 0.3) is 15.9 Å². The zero-order valence-electron chi connectivity index (χ0n) is 12.7. The Labute approximate surface area is 134 Å². The SMILES string of the molecule is C[C@H](NC(=O)c1ccc(S(=O)(=O)NC2CC2)o1)c1ccccc1. The topological polar surface area (TPSA) is 88.4 Å². The Hall–Kier alpha value is -2.12. The Kier molecular flexibility index (Phi) is 4.23. The Morgan fingerprint density at radius 1 is 1.17 bits per heavy atom. The van der Waals surface area contributed by atoms with Crippen molar-refractivity contribution >= 4 is 15.9 Å². The highest BCUT2D eigenvalue weighted by Crippen LogP contribution is 2.23. The molecule has 1 saturated carbocycles. The molecule has 6 nitrogen and oxygen atoms in total. The number of carbonyl (C=O) groups is 1. The molecule has 0 spiro atoms. The Morgan fingerprint density at radius 2 is 1.87 bits per heavy atom. The highest BCUT2D eigenvalue weighted by Gasteiger charge is 2.30. The van der Waals surface area contributed by atoms with Gasteiger partial charge in [-0.15, -0.1) is 0 Å². The number of hydrogen-bond acceptors (Lipinski definition) is 4. The van der Waals surface area contributed by atoms with Gasteiger partial charge in [0.15, 0.2) is 5.76 Å². The van der Waals surface area contributed by atoms with Crippen LogP contribution < -0.4 is 10.0 Å². The lowest BCUT2D eigenvalue weighted by Gasteiger charge is -2.13. The van der Waals surface area contributed by atoms with Crippen LogP contribution in [-0.4, -0.2) is 20.4 Å². The fraction of sp³-hybridized carbons (Fsp3) is 0.312. The third kappa shape index (κ3) is 3.80.